The van der Waals surface area contributed by atoms with Gasteiger partial charge in [-0.1, -0.05) is 26.0 Å². The van der Waals surface area contributed by atoms with Gasteiger partial charge in [-0.05, 0) is 41.9 Å². The van der Waals surface area contributed by atoms with Gasteiger partial charge in [0.15, 0.2) is 0 Å². The van der Waals surface area contributed by atoms with Gasteiger partial charge in [0.05, 0.1) is 12.5 Å². The van der Waals surface area contributed by atoms with Crippen LogP contribution in [0.15, 0.2) is 24.3 Å². The van der Waals surface area contributed by atoms with Crippen molar-refractivity contribution in [3.05, 3.63) is 29.8 Å². The van der Waals surface area contributed by atoms with Crippen molar-refractivity contribution < 1.29 is 14.3 Å². The Kier molecular flexibility index (Phi) is 4.06. The zero-order valence-corrected chi connectivity index (χ0v) is 14.7. The first-order chi connectivity index (χ1) is 11.3. The smallest absolute Gasteiger partial charge is 0.225 e. The van der Waals surface area contributed by atoms with Gasteiger partial charge in [-0.15, -0.1) is 0 Å². The van der Waals surface area contributed by atoms with Gasteiger partial charge in [0, 0.05) is 19.5 Å². The summed E-state index contributed by atoms with van der Waals surface area (Å²) in [7, 11) is 1.64. The molecule has 1 saturated carbocycles. The van der Waals surface area contributed by atoms with Crippen LogP contribution in [0.4, 0.5) is 0 Å². The van der Waals surface area contributed by atoms with Crippen molar-refractivity contribution in [2.75, 3.05) is 20.2 Å². The standard InChI is InChI=1S/C19H26N2O3/c1-18(2)11-19(17(20)23)12-21(10-15(18)19)16(22)9-6-13-4-7-14(24-3)8-5-13/h4-5,7-8,15H,6,9-12H2,1-3H3,(H2,20,23)/t15-,19+/m1/s1. The lowest BCUT2D eigenvalue weighted by Gasteiger charge is -2.54. The quantitative estimate of drug-likeness (QED) is 0.897. The maximum Gasteiger partial charge on any atom is 0.225 e. The van der Waals surface area contributed by atoms with Crippen molar-refractivity contribution in [1.29, 1.82) is 0 Å². The number of primary amides is 1. The number of nitrogens with zero attached hydrogens (tertiary/aromatic N) is 1. The Bertz CT molecular complexity index is 653. The molecule has 0 aromatic heterocycles. The number of hydrogen-bond donors (Lipinski definition) is 1. The van der Waals surface area contributed by atoms with Gasteiger partial charge in [-0.3, -0.25) is 9.59 Å². The van der Waals surface area contributed by atoms with Gasteiger partial charge >= 0.3 is 0 Å². The van der Waals surface area contributed by atoms with Crippen LogP contribution in [-0.2, 0) is 16.0 Å². The molecule has 0 spiro atoms. The number of rotatable bonds is 5. The highest BCUT2D eigenvalue weighted by atomic mass is 16.5. The first-order valence-electron chi connectivity index (χ1n) is 8.49. The Hall–Kier alpha value is -2.04. The Morgan fingerprint density at radius 3 is 2.46 bits per heavy atom. The first-order valence-corrected chi connectivity index (χ1v) is 8.49. The van der Waals surface area contributed by atoms with Crippen LogP contribution in [-0.4, -0.2) is 36.9 Å². The minimum atomic E-state index is -0.501. The molecule has 5 heteroatoms. The monoisotopic (exact) mass is 330 g/mol. The summed E-state index contributed by atoms with van der Waals surface area (Å²) in [5.41, 5.74) is 6.35. The lowest BCUT2D eigenvalue weighted by Crippen LogP contribution is -2.59. The van der Waals surface area contributed by atoms with E-state index >= 15 is 0 Å². The zero-order chi connectivity index (χ0) is 17.5. The molecule has 24 heavy (non-hydrogen) atoms. The van der Waals surface area contributed by atoms with Crippen molar-refractivity contribution in [2.24, 2.45) is 22.5 Å². The molecular formula is C19H26N2O3. The normalized spacial score (nSPS) is 27.3. The number of likely N-dealkylation sites (tertiary alicyclic amines) is 1. The molecule has 5 nitrogen and oxygen atoms in total. The van der Waals surface area contributed by atoms with E-state index in [1.807, 2.05) is 29.2 Å². The molecule has 0 radical (unpaired) electrons. The number of fused-ring (bicyclic) bond motifs is 1. The molecular weight excluding hydrogens is 304 g/mol. The van der Waals surface area contributed by atoms with Crippen LogP contribution in [0.3, 0.4) is 0 Å². The third-order valence-electron chi connectivity index (χ3n) is 5.89. The molecule has 1 aromatic carbocycles. The molecule has 2 amide bonds. The van der Waals surface area contributed by atoms with E-state index in [1.54, 1.807) is 7.11 Å². The number of ether oxygens (including phenoxy) is 1. The molecule has 1 saturated heterocycles. The van der Waals surface area contributed by atoms with Crippen molar-refractivity contribution in [3.63, 3.8) is 0 Å². The maximum atomic E-state index is 12.6. The SMILES string of the molecule is COc1ccc(CCC(=O)N2C[C@@H]3C(C)(C)C[C@]3(C(N)=O)C2)cc1. The molecule has 3 rings (SSSR count). The fourth-order valence-corrected chi connectivity index (χ4v) is 4.62. The number of benzene rings is 1. The molecule has 2 atom stereocenters. The lowest BCUT2D eigenvalue weighted by atomic mass is 9.48. The summed E-state index contributed by atoms with van der Waals surface area (Å²) < 4.78 is 5.14. The summed E-state index contributed by atoms with van der Waals surface area (Å²) in [6.45, 7) is 5.45. The third-order valence-corrected chi connectivity index (χ3v) is 5.89. The summed E-state index contributed by atoms with van der Waals surface area (Å²) in [5.74, 6) is 0.855. The van der Waals surface area contributed by atoms with Crippen molar-refractivity contribution in [1.82, 2.24) is 4.90 Å². The number of hydrogen-bond acceptors (Lipinski definition) is 3. The van der Waals surface area contributed by atoms with E-state index in [0.29, 0.717) is 25.9 Å². The highest BCUT2D eigenvalue weighted by Gasteiger charge is 2.66. The summed E-state index contributed by atoms with van der Waals surface area (Å²) in [5, 5.41) is 0. The van der Waals surface area contributed by atoms with E-state index < -0.39 is 5.41 Å². The fourth-order valence-electron chi connectivity index (χ4n) is 4.62. The molecule has 2 aliphatic rings. The summed E-state index contributed by atoms with van der Waals surface area (Å²) >= 11 is 0. The van der Waals surface area contributed by atoms with Crippen LogP contribution < -0.4 is 10.5 Å². The Morgan fingerprint density at radius 1 is 1.29 bits per heavy atom. The van der Waals surface area contributed by atoms with E-state index in [0.717, 1.165) is 17.7 Å². The van der Waals surface area contributed by atoms with E-state index in [-0.39, 0.29) is 23.1 Å². The number of nitrogens with two attached hydrogens (primary N) is 1. The third kappa shape index (κ3) is 2.66. The second kappa shape index (κ2) is 5.80. The highest BCUT2D eigenvalue weighted by Crippen LogP contribution is 2.62. The zero-order valence-electron chi connectivity index (χ0n) is 14.7. The summed E-state index contributed by atoms with van der Waals surface area (Å²) in [6, 6.07) is 7.77. The first kappa shape index (κ1) is 16.8. The van der Waals surface area contributed by atoms with Crippen LogP contribution in [0.2, 0.25) is 0 Å². The lowest BCUT2D eigenvalue weighted by molar-refractivity contribution is -0.148. The molecule has 2 N–H and O–H groups in total. The molecule has 2 fully saturated rings. The van der Waals surface area contributed by atoms with E-state index in [2.05, 4.69) is 13.8 Å². The van der Waals surface area contributed by atoms with Crippen molar-refractivity contribution >= 4 is 11.8 Å². The minimum absolute atomic E-state index is 0.0834. The van der Waals surface area contributed by atoms with Crippen LogP contribution in [0.1, 0.15) is 32.3 Å². The topological polar surface area (TPSA) is 72.6 Å². The Balaban J connectivity index is 1.61. The Labute approximate surface area is 143 Å². The van der Waals surface area contributed by atoms with Gasteiger partial charge in [0.25, 0.3) is 0 Å². The number of amides is 2. The number of aryl methyl sites for hydroxylation is 1. The molecule has 0 unspecified atom stereocenters. The van der Waals surface area contributed by atoms with E-state index in [9.17, 15) is 9.59 Å². The van der Waals surface area contributed by atoms with Crippen molar-refractivity contribution in [3.8, 4) is 5.75 Å². The molecule has 130 valence electrons. The molecule has 1 aliphatic heterocycles. The Morgan fingerprint density at radius 2 is 1.96 bits per heavy atom. The molecule has 0 bridgehead atoms. The number of carbonyl (C=O) groups excluding carboxylic acids is 2. The number of methoxy groups -OCH3 is 1. The highest BCUT2D eigenvalue weighted by molar-refractivity contribution is 5.86. The predicted molar refractivity (Wildman–Crippen MR) is 91.4 cm³/mol. The van der Waals surface area contributed by atoms with Crippen molar-refractivity contribution in [2.45, 2.75) is 33.1 Å². The molecule has 1 aliphatic carbocycles. The van der Waals surface area contributed by atoms with E-state index in [1.165, 1.54) is 0 Å². The second-order valence-electron chi connectivity index (χ2n) is 7.86. The molecule has 1 heterocycles. The fraction of sp³-hybridized carbons (Fsp3) is 0.579. The average Bonchev–Trinajstić information content (AvgIpc) is 2.89. The average molecular weight is 330 g/mol. The largest absolute Gasteiger partial charge is 0.497 e. The van der Waals surface area contributed by atoms with Crippen LogP contribution in [0.5, 0.6) is 5.75 Å². The number of carbonyl (C=O) groups is 2. The van der Waals surface area contributed by atoms with Gasteiger partial charge < -0.3 is 15.4 Å². The van der Waals surface area contributed by atoms with Gasteiger partial charge in [0.2, 0.25) is 11.8 Å². The maximum absolute atomic E-state index is 12.6. The summed E-state index contributed by atoms with van der Waals surface area (Å²) in [4.78, 5) is 26.4. The molecule has 1 aromatic rings. The minimum Gasteiger partial charge on any atom is -0.497 e. The predicted octanol–water partition coefficient (Wildman–Crippen LogP) is 1.99. The van der Waals surface area contributed by atoms with Gasteiger partial charge in [0.1, 0.15) is 5.75 Å². The van der Waals surface area contributed by atoms with E-state index in [4.69, 9.17) is 10.5 Å². The van der Waals surface area contributed by atoms with Crippen LogP contribution in [0.25, 0.3) is 0 Å². The van der Waals surface area contributed by atoms with Crippen LogP contribution in [0, 0.1) is 16.7 Å². The summed E-state index contributed by atoms with van der Waals surface area (Å²) in [6.07, 6.45) is 1.92. The van der Waals surface area contributed by atoms with Gasteiger partial charge in [-0.2, -0.15) is 0 Å². The van der Waals surface area contributed by atoms with Crippen LogP contribution >= 0.6 is 0 Å². The second-order valence-corrected chi connectivity index (χ2v) is 7.86. The van der Waals surface area contributed by atoms with Gasteiger partial charge in [-0.25, -0.2) is 0 Å².